The minimum absolute atomic E-state index is 0. The molecule has 0 aliphatic carbocycles. The lowest BCUT2D eigenvalue weighted by Crippen LogP contribution is -3.00. The molecule has 1 fully saturated rings. The van der Waals surface area contributed by atoms with Gasteiger partial charge in [0.2, 0.25) is 0 Å². The highest BCUT2D eigenvalue weighted by atomic mass is 79.9. The van der Waals surface area contributed by atoms with Gasteiger partial charge in [-0.15, -0.1) is 0 Å². The Balaban J connectivity index is 0.000000640. The maximum absolute atomic E-state index is 10.4. The molecule has 0 aromatic carbocycles. The highest BCUT2D eigenvalue weighted by Crippen LogP contribution is 2.10. The Hall–Kier alpha value is -0.0900. The molecule has 1 aliphatic heterocycles. The molecule has 0 aromatic heterocycles. The number of halogens is 1. The maximum Gasteiger partial charge on any atom is 0.306 e. The summed E-state index contributed by atoms with van der Waals surface area (Å²) in [5.41, 5.74) is 3.62. The van der Waals surface area contributed by atoms with E-state index >= 15 is 0 Å². The first kappa shape index (κ1) is 8.91. The van der Waals surface area contributed by atoms with E-state index in [1.165, 1.54) is 0 Å². The molecule has 1 saturated heterocycles. The zero-order valence-corrected chi connectivity index (χ0v) is 6.69. The Morgan fingerprint density at radius 2 is 2.44 bits per heavy atom. The van der Waals surface area contributed by atoms with Crippen molar-refractivity contribution in [1.82, 2.24) is 0 Å². The molecule has 0 amide bonds. The summed E-state index contributed by atoms with van der Waals surface area (Å²) in [5.74, 6) is -0.0707. The lowest BCUT2D eigenvalue weighted by atomic mass is 10.2. The van der Waals surface area contributed by atoms with Crippen molar-refractivity contribution in [3.63, 3.8) is 0 Å². The molecule has 9 heavy (non-hydrogen) atoms. The molecule has 3 N–H and O–H groups in total. The van der Waals surface area contributed by atoms with E-state index in [1.54, 1.807) is 0 Å². The average Bonchev–Trinajstić information content (AvgIpc) is 2.14. The Morgan fingerprint density at radius 3 is 2.67 bits per heavy atom. The molecular formula is C5H10BrNO2. The second kappa shape index (κ2) is 3.85. The van der Waals surface area contributed by atoms with Gasteiger partial charge in [0.15, 0.2) is 6.10 Å². The third kappa shape index (κ3) is 2.32. The van der Waals surface area contributed by atoms with Crippen LogP contribution in [0.3, 0.4) is 0 Å². The van der Waals surface area contributed by atoms with Gasteiger partial charge in [-0.3, -0.25) is 4.79 Å². The number of quaternary nitrogens is 1. The SMILES string of the molecule is [Br-].[NH3+]C[C@H]1CCC(=O)O1. The van der Waals surface area contributed by atoms with Gasteiger partial charge in [-0.1, -0.05) is 0 Å². The van der Waals surface area contributed by atoms with Crippen molar-refractivity contribution in [1.29, 1.82) is 0 Å². The predicted octanol–water partition coefficient (Wildman–Crippen LogP) is -4.06. The topological polar surface area (TPSA) is 53.9 Å². The van der Waals surface area contributed by atoms with Crippen LogP contribution in [-0.2, 0) is 9.53 Å². The van der Waals surface area contributed by atoms with E-state index in [2.05, 4.69) is 5.73 Å². The number of carbonyl (C=O) groups excluding carboxylic acids is 1. The van der Waals surface area contributed by atoms with Gasteiger partial charge in [0, 0.05) is 12.8 Å². The number of hydrogen-bond donors (Lipinski definition) is 1. The summed E-state index contributed by atoms with van der Waals surface area (Å²) < 4.78 is 4.81. The molecule has 1 rings (SSSR count). The van der Waals surface area contributed by atoms with Crippen LogP contribution in [0.4, 0.5) is 0 Å². The van der Waals surface area contributed by atoms with Gasteiger partial charge in [-0.05, 0) is 0 Å². The molecule has 0 saturated carbocycles. The van der Waals surface area contributed by atoms with Crippen LogP contribution in [0.5, 0.6) is 0 Å². The van der Waals surface area contributed by atoms with E-state index in [0.29, 0.717) is 13.0 Å². The highest BCUT2D eigenvalue weighted by molar-refractivity contribution is 5.71. The zero-order valence-electron chi connectivity index (χ0n) is 5.10. The molecule has 4 heteroatoms. The first-order chi connectivity index (χ1) is 3.83. The Bertz CT molecular complexity index is 107. The van der Waals surface area contributed by atoms with Crippen molar-refractivity contribution in [2.75, 3.05) is 6.54 Å². The molecule has 0 bridgehead atoms. The minimum atomic E-state index is -0.0707. The van der Waals surface area contributed by atoms with Gasteiger partial charge < -0.3 is 27.5 Å². The fourth-order valence-electron chi connectivity index (χ4n) is 0.786. The van der Waals surface area contributed by atoms with Gasteiger partial charge in [-0.25, -0.2) is 0 Å². The van der Waals surface area contributed by atoms with Crippen LogP contribution in [0.2, 0.25) is 0 Å². The number of ether oxygens (including phenoxy) is 1. The highest BCUT2D eigenvalue weighted by Gasteiger charge is 2.22. The van der Waals surface area contributed by atoms with Crippen LogP contribution >= 0.6 is 0 Å². The quantitative estimate of drug-likeness (QED) is 0.434. The van der Waals surface area contributed by atoms with E-state index in [-0.39, 0.29) is 29.1 Å². The van der Waals surface area contributed by atoms with E-state index < -0.39 is 0 Å². The third-order valence-electron chi connectivity index (χ3n) is 1.29. The van der Waals surface area contributed by atoms with Crippen molar-refractivity contribution >= 4 is 5.97 Å². The van der Waals surface area contributed by atoms with Crippen LogP contribution in [0.15, 0.2) is 0 Å². The summed E-state index contributed by atoms with van der Waals surface area (Å²) in [7, 11) is 0. The second-order valence-electron chi connectivity index (χ2n) is 1.94. The predicted molar refractivity (Wildman–Crippen MR) is 26.9 cm³/mol. The van der Waals surface area contributed by atoms with Crippen LogP contribution in [0.1, 0.15) is 12.8 Å². The minimum Gasteiger partial charge on any atom is -1.00 e. The summed E-state index contributed by atoms with van der Waals surface area (Å²) in [6.07, 6.45) is 1.56. The fraction of sp³-hybridized carbons (Fsp3) is 0.800. The summed E-state index contributed by atoms with van der Waals surface area (Å²) >= 11 is 0. The fourth-order valence-corrected chi connectivity index (χ4v) is 0.786. The second-order valence-corrected chi connectivity index (χ2v) is 1.94. The van der Waals surface area contributed by atoms with Crippen molar-refractivity contribution in [2.24, 2.45) is 0 Å². The van der Waals surface area contributed by atoms with Crippen molar-refractivity contribution in [3.05, 3.63) is 0 Å². The van der Waals surface area contributed by atoms with Gasteiger partial charge in [0.25, 0.3) is 0 Å². The first-order valence-corrected chi connectivity index (χ1v) is 2.81. The molecule has 54 valence electrons. The van der Waals surface area contributed by atoms with Gasteiger partial charge >= 0.3 is 5.97 Å². The lowest BCUT2D eigenvalue weighted by Gasteiger charge is -1.99. The Kier molecular flexibility index (Phi) is 3.81. The lowest BCUT2D eigenvalue weighted by molar-refractivity contribution is -0.382. The van der Waals surface area contributed by atoms with E-state index in [0.717, 1.165) is 6.42 Å². The van der Waals surface area contributed by atoms with Crippen LogP contribution < -0.4 is 22.7 Å². The van der Waals surface area contributed by atoms with Crippen molar-refractivity contribution in [2.45, 2.75) is 18.9 Å². The van der Waals surface area contributed by atoms with E-state index in [9.17, 15) is 4.79 Å². The number of esters is 1. The molecular weight excluding hydrogens is 186 g/mol. The van der Waals surface area contributed by atoms with Crippen LogP contribution in [-0.4, -0.2) is 18.6 Å². The molecule has 0 unspecified atom stereocenters. The maximum atomic E-state index is 10.4. The molecule has 1 aliphatic rings. The molecule has 1 heterocycles. The van der Waals surface area contributed by atoms with Crippen molar-refractivity contribution in [3.8, 4) is 0 Å². The summed E-state index contributed by atoms with van der Waals surface area (Å²) in [5, 5.41) is 0. The Labute approximate surface area is 64.3 Å². The average molecular weight is 196 g/mol. The third-order valence-corrected chi connectivity index (χ3v) is 1.29. The molecule has 0 radical (unpaired) electrons. The summed E-state index contributed by atoms with van der Waals surface area (Å²) in [6.45, 7) is 0.714. The standard InChI is InChI=1S/C5H9NO2.BrH/c6-3-4-1-2-5(7)8-4;/h4H,1-3,6H2;1H/t4-;/m1./s1. The first-order valence-electron chi connectivity index (χ1n) is 2.81. The molecule has 0 aromatic rings. The van der Waals surface area contributed by atoms with E-state index in [4.69, 9.17) is 4.74 Å². The largest absolute Gasteiger partial charge is 1.00 e. The zero-order chi connectivity index (χ0) is 5.98. The number of rotatable bonds is 1. The van der Waals surface area contributed by atoms with Crippen LogP contribution in [0, 0.1) is 0 Å². The van der Waals surface area contributed by atoms with Gasteiger partial charge in [0.1, 0.15) is 6.54 Å². The normalized spacial score (nSPS) is 25.0. The number of cyclic esters (lactones) is 1. The smallest absolute Gasteiger partial charge is 0.306 e. The van der Waals surface area contributed by atoms with Crippen LogP contribution in [0.25, 0.3) is 0 Å². The Morgan fingerprint density at radius 1 is 1.78 bits per heavy atom. The summed E-state index contributed by atoms with van der Waals surface area (Å²) in [6, 6.07) is 0. The molecule has 1 atom stereocenters. The molecule has 0 spiro atoms. The monoisotopic (exact) mass is 195 g/mol. The number of hydrogen-bond acceptors (Lipinski definition) is 2. The molecule has 3 nitrogen and oxygen atoms in total. The number of carbonyl (C=O) groups is 1. The summed E-state index contributed by atoms with van der Waals surface area (Å²) in [4.78, 5) is 10.4. The van der Waals surface area contributed by atoms with Gasteiger partial charge in [-0.2, -0.15) is 0 Å². The van der Waals surface area contributed by atoms with E-state index in [1.807, 2.05) is 0 Å². The van der Waals surface area contributed by atoms with Crippen molar-refractivity contribution < 1.29 is 32.2 Å². The van der Waals surface area contributed by atoms with Gasteiger partial charge in [0.05, 0.1) is 0 Å².